The summed E-state index contributed by atoms with van der Waals surface area (Å²) in [6.07, 6.45) is -0.542. The summed E-state index contributed by atoms with van der Waals surface area (Å²) in [4.78, 5) is 52.4. The Bertz CT molecular complexity index is 1540. The lowest BCUT2D eigenvalue weighted by molar-refractivity contribution is -0.386. The number of nitrogens with one attached hydrogen (secondary N) is 2. The Hall–Kier alpha value is -4.97. The van der Waals surface area contributed by atoms with E-state index in [0.29, 0.717) is 30.4 Å². The van der Waals surface area contributed by atoms with Crippen LogP contribution in [0.5, 0.6) is 17.2 Å². The molecule has 4 atom stereocenters. The van der Waals surface area contributed by atoms with E-state index in [0.717, 1.165) is 12.1 Å². The number of phenolic OH excluding ortho intramolecular Hbond substituents is 1. The second-order valence-electron chi connectivity index (χ2n) is 10.3. The van der Waals surface area contributed by atoms with Gasteiger partial charge in [0.1, 0.15) is 23.2 Å². The number of phenols is 1. The molecule has 0 spiro atoms. The largest absolute Gasteiger partial charge is 0.502 e. The minimum atomic E-state index is -1.96. The molecular formula is C31H33N3O9. The number of ether oxygens (including phenoxy) is 2. The Morgan fingerprint density at radius 1 is 0.953 bits per heavy atom. The minimum Gasteiger partial charge on any atom is -0.502 e. The van der Waals surface area contributed by atoms with Crippen molar-refractivity contribution in [3.8, 4) is 17.2 Å². The molecule has 0 aromatic heterocycles. The first kappa shape index (κ1) is 31.0. The van der Waals surface area contributed by atoms with Crippen molar-refractivity contribution in [1.82, 2.24) is 0 Å². The number of rotatable bonds is 10. The fraction of sp³-hybridized carbons (Fsp3) is 0.323. The van der Waals surface area contributed by atoms with E-state index in [1.165, 1.54) is 13.0 Å². The standard InChI is InChI=1S/C31H33N3O9/c1-4-42-24-12-8-6-10-19(24)32-29(37)27-23(36)17-31(3,39)28(26(27)18-14-15-22(35)21(16-18)34(40)41)30(38)33-20-11-7-9-13-25(20)43-5-2/h6-16,26-28,35,39H,4-5,17H2,1-3H3,(H,32,37)(H,33,38). The summed E-state index contributed by atoms with van der Waals surface area (Å²) in [5.74, 6) is -6.47. The number of aliphatic hydroxyl groups is 1. The molecule has 1 fully saturated rings. The van der Waals surface area contributed by atoms with E-state index in [9.17, 15) is 34.7 Å². The van der Waals surface area contributed by atoms with Crippen LogP contribution in [0.4, 0.5) is 17.1 Å². The predicted molar refractivity (Wildman–Crippen MR) is 157 cm³/mol. The number of carbonyl (C=O) groups excluding carboxylic acids is 3. The summed E-state index contributed by atoms with van der Waals surface area (Å²) < 4.78 is 11.2. The van der Waals surface area contributed by atoms with Gasteiger partial charge in [0.25, 0.3) is 0 Å². The summed E-state index contributed by atoms with van der Waals surface area (Å²) in [6, 6.07) is 16.6. The summed E-state index contributed by atoms with van der Waals surface area (Å²) in [6.45, 7) is 5.48. The number of anilines is 2. The van der Waals surface area contributed by atoms with Gasteiger partial charge in [-0.15, -0.1) is 0 Å². The first-order valence-corrected chi connectivity index (χ1v) is 13.8. The Labute approximate surface area is 247 Å². The van der Waals surface area contributed by atoms with Gasteiger partial charge in [-0.2, -0.15) is 0 Å². The first-order chi connectivity index (χ1) is 20.5. The van der Waals surface area contributed by atoms with Crippen molar-refractivity contribution in [2.75, 3.05) is 23.8 Å². The molecule has 1 saturated carbocycles. The molecule has 0 bridgehead atoms. The fourth-order valence-electron chi connectivity index (χ4n) is 5.51. The maximum Gasteiger partial charge on any atom is 0.310 e. The van der Waals surface area contributed by atoms with E-state index in [1.54, 1.807) is 62.4 Å². The smallest absolute Gasteiger partial charge is 0.310 e. The van der Waals surface area contributed by atoms with Gasteiger partial charge < -0.3 is 30.3 Å². The Kier molecular flexibility index (Phi) is 9.30. The molecule has 4 N–H and O–H groups in total. The second kappa shape index (κ2) is 12.9. The van der Waals surface area contributed by atoms with Crippen LogP contribution in [0.3, 0.4) is 0 Å². The van der Waals surface area contributed by atoms with E-state index >= 15 is 0 Å². The van der Waals surface area contributed by atoms with Gasteiger partial charge in [0, 0.05) is 18.4 Å². The molecule has 4 unspecified atom stereocenters. The van der Waals surface area contributed by atoms with Gasteiger partial charge in [0.05, 0.1) is 41.0 Å². The molecule has 0 heterocycles. The molecule has 226 valence electrons. The Balaban J connectivity index is 1.84. The molecule has 12 heteroatoms. The van der Waals surface area contributed by atoms with Crippen LogP contribution >= 0.6 is 0 Å². The lowest BCUT2D eigenvalue weighted by Crippen LogP contribution is -2.56. The van der Waals surface area contributed by atoms with Crippen molar-refractivity contribution in [3.05, 3.63) is 82.4 Å². The quantitative estimate of drug-likeness (QED) is 0.151. The monoisotopic (exact) mass is 591 g/mol. The lowest BCUT2D eigenvalue weighted by Gasteiger charge is -2.44. The van der Waals surface area contributed by atoms with Gasteiger partial charge in [-0.3, -0.25) is 24.5 Å². The summed E-state index contributed by atoms with van der Waals surface area (Å²) in [5, 5.41) is 38.8. The molecule has 4 rings (SSSR count). The highest BCUT2D eigenvalue weighted by Crippen LogP contribution is 2.48. The van der Waals surface area contributed by atoms with Crippen LogP contribution in [0.15, 0.2) is 66.7 Å². The van der Waals surface area contributed by atoms with Gasteiger partial charge in [-0.25, -0.2) is 0 Å². The molecule has 3 aromatic rings. The highest BCUT2D eigenvalue weighted by atomic mass is 16.6. The maximum atomic E-state index is 14.0. The van der Waals surface area contributed by atoms with Crippen molar-refractivity contribution < 1.29 is 39.0 Å². The highest BCUT2D eigenvalue weighted by Gasteiger charge is 2.56. The van der Waals surface area contributed by atoms with Crippen molar-refractivity contribution >= 4 is 34.7 Å². The van der Waals surface area contributed by atoms with Crippen LogP contribution in [0.2, 0.25) is 0 Å². The summed E-state index contributed by atoms with van der Waals surface area (Å²) in [5.41, 5.74) is -2.03. The van der Waals surface area contributed by atoms with Crippen LogP contribution in [0, 0.1) is 22.0 Å². The molecule has 1 aliphatic carbocycles. The van der Waals surface area contributed by atoms with E-state index in [2.05, 4.69) is 10.6 Å². The van der Waals surface area contributed by atoms with Crippen molar-refractivity contribution in [3.63, 3.8) is 0 Å². The van der Waals surface area contributed by atoms with Gasteiger partial charge in [-0.1, -0.05) is 30.3 Å². The number of Topliss-reactive ketones (excluding diaryl/α,β-unsaturated/α-hetero) is 1. The van der Waals surface area contributed by atoms with E-state index < -0.39 is 63.7 Å². The van der Waals surface area contributed by atoms with Gasteiger partial charge in [-0.05, 0) is 56.7 Å². The fourth-order valence-corrected chi connectivity index (χ4v) is 5.51. The van der Waals surface area contributed by atoms with Crippen molar-refractivity contribution in [1.29, 1.82) is 0 Å². The zero-order valence-electron chi connectivity index (χ0n) is 23.9. The number of hydrogen-bond acceptors (Lipinski definition) is 9. The van der Waals surface area contributed by atoms with E-state index in [4.69, 9.17) is 9.47 Å². The number of ketones is 1. The number of benzene rings is 3. The predicted octanol–water partition coefficient (Wildman–Crippen LogP) is 4.42. The van der Waals surface area contributed by atoms with Crippen molar-refractivity contribution in [2.24, 2.45) is 11.8 Å². The van der Waals surface area contributed by atoms with E-state index in [1.807, 2.05) is 0 Å². The number of nitrogens with zero attached hydrogens (tertiary/aromatic N) is 1. The third-order valence-corrected chi connectivity index (χ3v) is 7.30. The van der Waals surface area contributed by atoms with Crippen LogP contribution in [0.1, 0.15) is 38.7 Å². The number of para-hydroxylation sites is 4. The Morgan fingerprint density at radius 2 is 1.49 bits per heavy atom. The molecule has 12 nitrogen and oxygen atoms in total. The number of hydrogen-bond donors (Lipinski definition) is 4. The summed E-state index contributed by atoms with van der Waals surface area (Å²) in [7, 11) is 0. The summed E-state index contributed by atoms with van der Waals surface area (Å²) >= 11 is 0. The molecular weight excluding hydrogens is 558 g/mol. The average molecular weight is 592 g/mol. The second-order valence-corrected chi connectivity index (χ2v) is 10.3. The highest BCUT2D eigenvalue weighted by molar-refractivity contribution is 6.11. The zero-order chi connectivity index (χ0) is 31.3. The van der Waals surface area contributed by atoms with E-state index in [-0.39, 0.29) is 11.3 Å². The Morgan fingerprint density at radius 3 is 2.02 bits per heavy atom. The number of nitro groups is 1. The van der Waals surface area contributed by atoms with Crippen LogP contribution < -0.4 is 20.1 Å². The van der Waals surface area contributed by atoms with Gasteiger partial charge in [0.2, 0.25) is 11.8 Å². The lowest BCUT2D eigenvalue weighted by atomic mass is 9.61. The minimum absolute atomic E-state index is 0.0364. The zero-order valence-corrected chi connectivity index (χ0v) is 23.9. The molecule has 1 aliphatic rings. The third-order valence-electron chi connectivity index (χ3n) is 7.30. The maximum absolute atomic E-state index is 14.0. The molecule has 0 aliphatic heterocycles. The average Bonchev–Trinajstić information content (AvgIpc) is 2.94. The van der Waals surface area contributed by atoms with Crippen molar-refractivity contribution in [2.45, 2.75) is 38.7 Å². The molecule has 43 heavy (non-hydrogen) atoms. The molecule has 0 saturated heterocycles. The van der Waals surface area contributed by atoms with Crippen LogP contribution in [-0.2, 0) is 14.4 Å². The number of nitro benzene ring substituents is 1. The number of aromatic hydroxyl groups is 1. The van der Waals surface area contributed by atoms with Gasteiger partial charge in [0.15, 0.2) is 5.75 Å². The van der Waals surface area contributed by atoms with Gasteiger partial charge >= 0.3 is 5.69 Å². The SMILES string of the molecule is CCOc1ccccc1NC(=O)C1C(=O)CC(C)(O)C(C(=O)Nc2ccccc2OCC)C1c1ccc(O)c([N+](=O)[O-])c1. The molecule has 0 radical (unpaired) electrons. The van der Waals surface area contributed by atoms with Crippen LogP contribution in [0.25, 0.3) is 0 Å². The normalized spacial score (nSPS) is 21.5. The molecule has 2 amide bonds. The number of amides is 2. The topological polar surface area (TPSA) is 177 Å². The number of carbonyl (C=O) groups is 3. The molecule has 3 aromatic carbocycles. The third kappa shape index (κ3) is 6.59. The first-order valence-electron chi connectivity index (χ1n) is 13.8. The van der Waals surface area contributed by atoms with Crippen LogP contribution in [-0.4, -0.2) is 51.5 Å².